The predicted octanol–water partition coefficient (Wildman–Crippen LogP) is 1.49. The van der Waals surface area contributed by atoms with Crippen molar-refractivity contribution in [3.63, 3.8) is 0 Å². The Bertz CT molecular complexity index is 343. The van der Waals surface area contributed by atoms with Crippen molar-refractivity contribution in [2.24, 2.45) is 0 Å². The van der Waals surface area contributed by atoms with Gasteiger partial charge in [0, 0.05) is 31.2 Å². The van der Waals surface area contributed by atoms with Gasteiger partial charge in [-0.15, -0.1) is 12.4 Å². The molecule has 0 saturated carbocycles. The lowest BCUT2D eigenvalue weighted by Gasteiger charge is -2.26. The van der Waals surface area contributed by atoms with E-state index in [0.717, 1.165) is 25.2 Å². The van der Waals surface area contributed by atoms with Crippen molar-refractivity contribution in [1.29, 1.82) is 0 Å². The summed E-state index contributed by atoms with van der Waals surface area (Å²) in [6.07, 6.45) is 0. The molecule has 3 nitrogen and oxygen atoms in total. The fourth-order valence-corrected chi connectivity index (χ4v) is 1.89. The Morgan fingerprint density at radius 2 is 2.19 bits per heavy atom. The van der Waals surface area contributed by atoms with E-state index >= 15 is 0 Å². The van der Waals surface area contributed by atoms with Crippen LogP contribution >= 0.6 is 12.4 Å². The molecule has 5 heteroatoms. The molecule has 90 valence electrons. The highest BCUT2D eigenvalue weighted by Crippen LogP contribution is 2.28. The first-order valence-electron chi connectivity index (χ1n) is 5.09. The molecule has 2 rings (SSSR count). The molecular formula is C11H16ClFN2O. The highest BCUT2D eigenvalue weighted by Gasteiger charge is 2.19. The minimum absolute atomic E-state index is 0. The summed E-state index contributed by atoms with van der Waals surface area (Å²) in [4.78, 5) is 0. The van der Waals surface area contributed by atoms with E-state index in [1.165, 1.54) is 13.2 Å². The van der Waals surface area contributed by atoms with Gasteiger partial charge in [0.25, 0.3) is 0 Å². The van der Waals surface area contributed by atoms with Crippen molar-refractivity contribution >= 4 is 12.4 Å². The normalized spacial score (nSPS) is 20.0. The molecule has 1 saturated heterocycles. The van der Waals surface area contributed by atoms with Gasteiger partial charge in [0.05, 0.1) is 7.11 Å². The highest BCUT2D eigenvalue weighted by atomic mass is 35.5. The molecule has 1 aliphatic heterocycles. The lowest BCUT2D eigenvalue weighted by atomic mass is 10.0. The van der Waals surface area contributed by atoms with Crippen molar-refractivity contribution in [2.45, 2.75) is 6.04 Å². The zero-order valence-corrected chi connectivity index (χ0v) is 9.94. The third-order valence-corrected chi connectivity index (χ3v) is 2.62. The summed E-state index contributed by atoms with van der Waals surface area (Å²) in [5, 5.41) is 6.59. The Morgan fingerprint density at radius 1 is 1.38 bits per heavy atom. The van der Waals surface area contributed by atoms with Gasteiger partial charge >= 0.3 is 0 Å². The molecule has 0 aliphatic carbocycles. The molecular weight excluding hydrogens is 231 g/mol. The fourth-order valence-electron chi connectivity index (χ4n) is 1.89. The number of nitrogens with one attached hydrogen (secondary N) is 2. The van der Waals surface area contributed by atoms with Crippen LogP contribution in [-0.2, 0) is 0 Å². The molecule has 1 aliphatic rings. The average Bonchev–Trinajstić information content (AvgIpc) is 2.30. The van der Waals surface area contributed by atoms with Gasteiger partial charge < -0.3 is 15.4 Å². The number of rotatable bonds is 2. The summed E-state index contributed by atoms with van der Waals surface area (Å²) in [5.41, 5.74) is 0.879. The molecule has 1 aromatic rings. The van der Waals surface area contributed by atoms with E-state index in [4.69, 9.17) is 4.74 Å². The average molecular weight is 247 g/mol. The summed E-state index contributed by atoms with van der Waals surface area (Å²) in [5.74, 6) is 0.0427. The summed E-state index contributed by atoms with van der Waals surface area (Å²) < 4.78 is 18.5. The van der Waals surface area contributed by atoms with Crippen LogP contribution < -0.4 is 15.4 Å². The summed E-state index contributed by atoms with van der Waals surface area (Å²) in [6, 6.07) is 5.15. The zero-order chi connectivity index (χ0) is 10.7. The largest absolute Gasteiger partial charge is 0.493 e. The van der Waals surface area contributed by atoms with Gasteiger partial charge in [-0.1, -0.05) is 12.1 Å². The van der Waals surface area contributed by atoms with Gasteiger partial charge in [0.2, 0.25) is 0 Å². The molecule has 1 aromatic carbocycles. The van der Waals surface area contributed by atoms with Crippen LogP contribution in [-0.4, -0.2) is 26.7 Å². The van der Waals surface area contributed by atoms with Crippen molar-refractivity contribution in [1.82, 2.24) is 10.6 Å². The van der Waals surface area contributed by atoms with Gasteiger partial charge in [-0.25, -0.2) is 4.39 Å². The van der Waals surface area contributed by atoms with Crippen LogP contribution in [0.3, 0.4) is 0 Å². The van der Waals surface area contributed by atoms with Crippen molar-refractivity contribution in [3.8, 4) is 5.75 Å². The maximum atomic E-state index is 13.4. The molecule has 1 fully saturated rings. The number of halogens is 2. The Balaban J connectivity index is 0.00000128. The van der Waals surface area contributed by atoms with Crippen molar-refractivity contribution < 1.29 is 9.13 Å². The maximum Gasteiger partial charge on any atom is 0.165 e. The first-order valence-corrected chi connectivity index (χ1v) is 5.09. The molecule has 0 radical (unpaired) electrons. The molecule has 0 spiro atoms. The van der Waals surface area contributed by atoms with Crippen LogP contribution in [0.1, 0.15) is 11.6 Å². The van der Waals surface area contributed by atoms with Gasteiger partial charge in [0.1, 0.15) is 0 Å². The number of piperazine rings is 1. The first-order chi connectivity index (χ1) is 7.33. The summed E-state index contributed by atoms with van der Waals surface area (Å²) in [6.45, 7) is 2.65. The molecule has 1 atom stereocenters. The van der Waals surface area contributed by atoms with E-state index in [1.807, 2.05) is 6.07 Å². The van der Waals surface area contributed by atoms with Crippen LogP contribution in [0, 0.1) is 5.82 Å². The quantitative estimate of drug-likeness (QED) is 0.830. The molecule has 0 amide bonds. The van der Waals surface area contributed by atoms with E-state index in [2.05, 4.69) is 10.6 Å². The molecule has 0 unspecified atom stereocenters. The second-order valence-electron chi connectivity index (χ2n) is 3.57. The number of methoxy groups -OCH3 is 1. The maximum absolute atomic E-state index is 13.4. The lowest BCUT2D eigenvalue weighted by molar-refractivity contribution is 0.361. The Hall–Kier alpha value is -0.840. The number of hydrogen-bond donors (Lipinski definition) is 2. The van der Waals surface area contributed by atoms with E-state index in [0.29, 0.717) is 5.75 Å². The van der Waals surface area contributed by atoms with Crippen molar-refractivity contribution in [2.75, 3.05) is 26.7 Å². The third-order valence-electron chi connectivity index (χ3n) is 2.62. The predicted molar refractivity (Wildman–Crippen MR) is 63.8 cm³/mol. The van der Waals surface area contributed by atoms with E-state index in [9.17, 15) is 4.39 Å². The zero-order valence-electron chi connectivity index (χ0n) is 9.13. The van der Waals surface area contributed by atoms with E-state index < -0.39 is 0 Å². The summed E-state index contributed by atoms with van der Waals surface area (Å²) >= 11 is 0. The molecule has 16 heavy (non-hydrogen) atoms. The molecule has 0 aromatic heterocycles. The van der Waals surface area contributed by atoms with Crippen LogP contribution in [0.25, 0.3) is 0 Å². The van der Waals surface area contributed by atoms with Gasteiger partial charge in [-0.3, -0.25) is 0 Å². The Labute approximate surface area is 101 Å². The van der Waals surface area contributed by atoms with E-state index in [1.54, 1.807) is 6.07 Å². The van der Waals surface area contributed by atoms with E-state index in [-0.39, 0.29) is 24.3 Å². The van der Waals surface area contributed by atoms with Crippen LogP contribution in [0.2, 0.25) is 0 Å². The number of ether oxygens (including phenoxy) is 1. The molecule has 2 N–H and O–H groups in total. The lowest BCUT2D eigenvalue weighted by Crippen LogP contribution is -2.42. The highest BCUT2D eigenvalue weighted by molar-refractivity contribution is 5.85. The number of para-hydroxylation sites is 1. The van der Waals surface area contributed by atoms with Gasteiger partial charge in [0.15, 0.2) is 11.6 Å². The van der Waals surface area contributed by atoms with Crippen molar-refractivity contribution in [3.05, 3.63) is 29.6 Å². The fraction of sp³-hybridized carbons (Fsp3) is 0.455. The first kappa shape index (κ1) is 13.2. The smallest absolute Gasteiger partial charge is 0.165 e. The Morgan fingerprint density at radius 3 is 2.81 bits per heavy atom. The van der Waals surface area contributed by atoms with Crippen LogP contribution in [0.4, 0.5) is 4.39 Å². The minimum atomic E-state index is -0.303. The van der Waals surface area contributed by atoms with Gasteiger partial charge in [-0.05, 0) is 6.07 Å². The van der Waals surface area contributed by atoms with Crippen LogP contribution in [0.5, 0.6) is 5.75 Å². The standard InChI is InChI=1S/C11H15FN2O.ClH/c1-15-11-8(3-2-4-9(11)12)10-7-13-5-6-14-10;/h2-4,10,13-14H,5-7H2,1H3;1H/t10-;/m1./s1. The van der Waals surface area contributed by atoms with Crippen LogP contribution in [0.15, 0.2) is 18.2 Å². The molecule has 1 heterocycles. The Kier molecular flexibility index (Phi) is 4.99. The third kappa shape index (κ3) is 2.64. The SMILES string of the molecule is COc1c(F)cccc1[C@H]1CNCCN1.Cl. The van der Waals surface area contributed by atoms with Gasteiger partial charge in [-0.2, -0.15) is 0 Å². The second kappa shape index (κ2) is 6.03. The second-order valence-corrected chi connectivity index (χ2v) is 3.57. The minimum Gasteiger partial charge on any atom is -0.493 e. The topological polar surface area (TPSA) is 33.3 Å². The molecule has 0 bridgehead atoms. The summed E-state index contributed by atoms with van der Waals surface area (Å²) in [7, 11) is 1.50. The number of hydrogen-bond acceptors (Lipinski definition) is 3. The monoisotopic (exact) mass is 246 g/mol. The number of benzene rings is 1.